The number of nitrogens with one attached hydrogen (secondary N) is 1. The highest BCUT2D eigenvalue weighted by Crippen LogP contribution is 2.22. The number of carboxylic acids is 1. The van der Waals surface area contributed by atoms with Crippen LogP contribution in [0.2, 0.25) is 0 Å². The summed E-state index contributed by atoms with van der Waals surface area (Å²) in [7, 11) is 0. The zero-order valence-corrected chi connectivity index (χ0v) is 13.3. The van der Waals surface area contributed by atoms with Crippen LogP contribution in [0.5, 0.6) is 0 Å². The normalized spacial score (nSPS) is 11.9. The molecule has 1 atom stereocenters. The molecule has 0 fully saturated rings. The van der Waals surface area contributed by atoms with Crippen LogP contribution in [0, 0.1) is 0 Å². The van der Waals surface area contributed by atoms with Gasteiger partial charge in [-0.15, -0.1) is 11.3 Å². The molecule has 0 aliphatic heterocycles. The summed E-state index contributed by atoms with van der Waals surface area (Å²) >= 11 is 1.31. The number of aromatic nitrogens is 1. The Morgan fingerprint density at radius 1 is 1.32 bits per heavy atom. The van der Waals surface area contributed by atoms with Crippen LogP contribution < -0.4 is 5.32 Å². The highest BCUT2D eigenvalue weighted by Gasteiger charge is 2.19. The van der Waals surface area contributed by atoms with Crippen molar-refractivity contribution in [3.8, 4) is 0 Å². The van der Waals surface area contributed by atoms with Gasteiger partial charge < -0.3 is 10.4 Å². The zero-order valence-electron chi connectivity index (χ0n) is 12.5. The predicted octanol–water partition coefficient (Wildman–Crippen LogP) is 3.07. The molecular formula is C16H18N2O3S. The van der Waals surface area contributed by atoms with Crippen LogP contribution >= 0.6 is 11.3 Å². The lowest BCUT2D eigenvalue weighted by molar-refractivity contribution is -0.136. The lowest BCUT2D eigenvalue weighted by atomic mass is 10.1. The average Bonchev–Trinajstić information content (AvgIpc) is 2.94. The van der Waals surface area contributed by atoms with Crippen molar-refractivity contribution in [2.45, 2.75) is 32.6 Å². The molecule has 0 bridgehead atoms. The van der Waals surface area contributed by atoms with Crippen molar-refractivity contribution in [2.24, 2.45) is 0 Å². The van der Waals surface area contributed by atoms with Crippen LogP contribution in [0.15, 0.2) is 29.6 Å². The van der Waals surface area contributed by atoms with Gasteiger partial charge in [0.25, 0.3) is 0 Å². The van der Waals surface area contributed by atoms with E-state index >= 15 is 0 Å². The van der Waals surface area contributed by atoms with Crippen LogP contribution in [0.1, 0.15) is 36.0 Å². The number of amides is 1. The molecule has 5 nitrogen and oxygen atoms in total. The molecule has 0 radical (unpaired) electrons. The summed E-state index contributed by atoms with van der Waals surface area (Å²) in [5.41, 5.74) is 2.44. The molecule has 1 aromatic carbocycles. The molecule has 22 heavy (non-hydrogen) atoms. The lowest BCUT2D eigenvalue weighted by Crippen LogP contribution is -2.18. The number of carbonyl (C=O) groups excluding carboxylic acids is 1. The second-order valence-corrected chi connectivity index (χ2v) is 5.90. The Morgan fingerprint density at radius 3 is 2.59 bits per heavy atom. The molecule has 116 valence electrons. The Labute approximate surface area is 133 Å². The molecular weight excluding hydrogens is 300 g/mol. The first-order valence-corrected chi connectivity index (χ1v) is 7.93. The van der Waals surface area contributed by atoms with E-state index < -0.39 is 11.9 Å². The molecule has 0 saturated heterocycles. The van der Waals surface area contributed by atoms with E-state index in [1.165, 1.54) is 16.9 Å². The number of aliphatic carboxylic acids is 1. The number of nitrogens with zero attached hydrogens (tertiary/aromatic N) is 1. The highest BCUT2D eigenvalue weighted by atomic mass is 32.1. The number of anilines is 1. The maximum absolute atomic E-state index is 12.2. The van der Waals surface area contributed by atoms with Crippen molar-refractivity contribution in [3.05, 3.63) is 45.9 Å². The fourth-order valence-electron chi connectivity index (χ4n) is 1.94. The summed E-state index contributed by atoms with van der Waals surface area (Å²) in [5.74, 6) is -1.50. The maximum atomic E-state index is 12.2. The van der Waals surface area contributed by atoms with Gasteiger partial charge in [0.15, 0.2) is 0 Å². The molecule has 1 amide bonds. The molecule has 6 heteroatoms. The van der Waals surface area contributed by atoms with Gasteiger partial charge in [0.2, 0.25) is 5.91 Å². The van der Waals surface area contributed by atoms with Gasteiger partial charge in [-0.3, -0.25) is 9.59 Å². The smallest absolute Gasteiger partial charge is 0.309 e. The minimum atomic E-state index is -0.926. The van der Waals surface area contributed by atoms with E-state index in [2.05, 4.69) is 17.2 Å². The van der Waals surface area contributed by atoms with E-state index in [0.29, 0.717) is 10.7 Å². The van der Waals surface area contributed by atoms with Crippen molar-refractivity contribution in [2.75, 3.05) is 5.32 Å². The molecule has 1 aromatic heterocycles. The first-order chi connectivity index (χ1) is 10.5. The van der Waals surface area contributed by atoms with E-state index in [1.54, 1.807) is 12.3 Å². The van der Waals surface area contributed by atoms with Gasteiger partial charge in [-0.1, -0.05) is 19.1 Å². The summed E-state index contributed by atoms with van der Waals surface area (Å²) in [4.78, 5) is 27.1. The van der Waals surface area contributed by atoms with Gasteiger partial charge in [-0.25, -0.2) is 4.98 Å². The fourth-order valence-corrected chi connectivity index (χ4v) is 2.82. The number of benzene rings is 1. The minimum absolute atomic E-state index is 0.122. The average molecular weight is 318 g/mol. The largest absolute Gasteiger partial charge is 0.481 e. The summed E-state index contributed by atoms with van der Waals surface area (Å²) in [5, 5.41) is 13.9. The first-order valence-electron chi connectivity index (χ1n) is 7.05. The van der Waals surface area contributed by atoms with E-state index in [1.807, 2.05) is 24.3 Å². The number of hydrogen-bond acceptors (Lipinski definition) is 4. The number of aryl methyl sites for hydroxylation is 1. The Hall–Kier alpha value is -2.21. The predicted molar refractivity (Wildman–Crippen MR) is 86.3 cm³/mol. The quantitative estimate of drug-likeness (QED) is 0.858. The number of carboxylic acid groups (broad SMARTS) is 1. The maximum Gasteiger partial charge on any atom is 0.309 e. The third-order valence-electron chi connectivity index (χ3n) is 3.30. The Morgan fingerprint density at radius 2 is 2.00 bits per heavy atom. The van der Waals surface area contributed by atoms with Gasteiger partial charge in [0.1, 0.15) is 5.01 Å². The van der Waals surface area contributed by atoms with Crippen molar-refractivity contribution in [1.29, 1.82) is 0 Å². The van der Waals surface area contributed by atoms with Crippen LogP contribution in [0.25, 0.3) is 0 Å². The topological polar surface area (TPSA) is 79.3 Å². The molecule has 1 heterocycles. The summed E-state index contributed by atoms with van der Waals surface area (Å²) in [6.07, 6.45) is 0.833. The van der Waals surface area contributed by atoms with E-state index in [0.717, 1.165) is 12.1 Å². The van der Waals surface area contributed by atoms with Crippen LogP contribution in [-0.2, 0) is 22.4 Å². The Balaban J connectivity index is 2.01. The first kappa shape index (κ1) is 16.2. The molecule has 0 unspecified atom stereocenters. The molecule has 2 aromatic rings. The number of thiazole rings is 1. The van der Waals surface area contributed by atoms with Gasteiger partial charge in [-0.2, -0.15) is 0 Å². The van der Waals surface area contributed by atoms with Gasteiger partial charge in [-0.05, 0) is 31.0 Å². The molecule has 0 spiro atoms. The van der Waals surface area contributed by atoms with Gasteiger partial charge in [0.05, 0.1) is 18.0 Å². The number of carbonyl (C=O) groups is 2. The van der Waals surface area contributed by atoms with E-state index in [-0.39, 0.29) is 12.3 Å². The number of rotatable bonds is 6. The van der Waals surface area contributed by atoms with E-state index in [9.17, 15) is 9.59 Å². The van der Waals surface area contributed by atoms with E-state index in [4.69, 9.17) is 5.11 Å². The second kappa shape index (κ2) is 7.17. The monoisotopic (exact) mass is 318 g/mol. The van der Waals surface area contributed by atoms with Crippen molar-refractivity contribution < 1.29 is 14.7 Å². The zero-order chi connectivity index (χ0) is 16.1. The minimum Gasteiger partial charge on any atom is -0.481 e. The van der Waals surface area contributed by atoms with Crippen LogP contribution in [0.4, 0.5) is 5.69 Å². The molecule has 2 N–H and O–H groups in total. The van der Waals surface area contributed by atoms with Gasteiger partial charge in [0, 0.05) is 11.1 Å². The fraction of sp³-hybridized carbons (Fsp3) is 0.312. The second-order valence-electron chi connectivity index (χ2n) is 5.01. The standard InChI is InChI=1S/C16H18N2O3S/c1-3-11-4-6-12(7-5-11)17-15(21)10(2)16-18-13(9-22-16)8-14(19)20/h4-7,9-10H,3,8H2,1-2H3,(H,17,21)(H,19,20)/t10-/m0/s1. The Bertz CT molecular complexity index is 664. The molecule has 0 saturated carbocycles. The van der Waals surface area contributed by atoms with Crippen molar-refractivity contribution >= 4 is 28.9 Å². The third-order valence-corrected chi connectivity index (χ3v) is 4.37. The summed E-state index contributed by atoms with van der Waals surface area (Å²) in [6, 6.07) is 7.71. The lowest BCUT2D eigenvalue weighted by Gasteiger charge is -2.10. The number of hydrogen-bond donors (Lipinski definition) is 2. The van der Waals surface area contributed by atoms with Gasteiger partial charge >= 0.3 is 5.97 Å². The third kappa shape index (κ3) is 4.14. The van der Waals surface area contributed by atoms with Crippen molar-refractivity contribution in [3.63, 3.8) is 0 Å². The Kier molecular flexibility index (Phi) is 5.27. The van der Waals surface area contributed by atoms with Crippen LogP contribution in [-0.4, -0.2) is 22.0 Å². The summed E-state index contributed by atoms with van der Waals surface area (Å²) in [6.45, 7) is 3.84. The molecule has 2 rings (SSSR count). The summed E-state index contributed by atoms with van der Waals surface area (Å²) < 4.78 is 0. The SMILES string of the molecule is CCc1ccc(NC(=O)[C@H](C)c2nc(CC(=O)O)cs2)cc1. The highest BCUT2D eigenvalue weighted by molar-refractivity contribution is 7.09. The van der Waals surface area contributed by atoms with Crippen LogP contribution in [0.3, 0.4) is 0 Å². The molecule has 0 aliphatic rings. The molecule has 0 aliphatic carbocycles. The van der Waals surface area contributed by atoms with Crippen molar-refractivity contribution in [1.82, 2.24) is 4.98 Å².